The van der Waals surface area contributed by atoms with Gasteiger partial charge in [0.15, 0.2) is 0 Å². The van der Waals surface area contributed by atoms with Crippen LogP contribution in [0.25, 0.3) is 0 Å². The quantitative estimate of drug-likeness (QED) is 0.738. The number of oxazole rings is 1. The first kappa shape index (κ1) is 10.1. The molecule has 0 aromatic carbocycles. The van der Waals surface area contributed by atoms with Crippen LogP contribution in [0.3, 0.4) is 0 Å². The van der Waals surface area contributed by atoms with Crippen LogP contribution in [0.15, 0.2) is 22.1 Å². The van der Waals surface area contributed by atoms with Gasteiger partial charge in [0.1, 0.15) is 11.8 Å². The molecule has 1 heterocycles. The lowest BCUT2D eigenvalue weighted by molar-refractivity contribution is 0.453. The zero-order valence-corrected chi connectivity index (χ0v) is 8.17. The fourth-order valence-electron chi connectivity index (χ4n) is 0.688. The first-order valence-corrected chi connectivity index (χ1v) is 4.85. The van der Waals surface area contributed by atoms with Gasteiger partial charge in [-0.25, -0.2) is 4.98 Å². The lowest BCUT2D eigenvalue weighted by atomic mass is 10.0. The molecule has 70 valence electrons. The lowest BCUT2D eigenvalue weighted by Crippen LogP contribution is -2.34. The Bertz CT molecular complexity index is 289. The third kappa shape index (κ3) is 3.49. The molecule has 0 radical (unpaired) electrons. The van der Waals surface area contributed by atoms with Crippen molar-refractivity contribution in [1.82, 2.24) is 4.98 Å². The maximum Gasteiger partial charge on any atom is 0.255 e. The molecule has 1 aromatic rings. The largest absolute Gasteiger partial charge is 0.440 e. The monoisotopic (exact) mass is 197 g/mol. The molecule has 0 amide bonds. The number of nitriles is 1. The smallest absolute Gasteiger partial charge is 0.255 e. The van der Waals surface area contributed by atoms with Crippen molar-refractivity contribution in [2.75, 3.05) is 5.75 Å². The molecule has 5 heteroatoms. The van der Waals surface area contributed by atoms with Gasteiger partial charge in [0.25, 0.3) is 5.22 Å². The summed E-state index contributed by atoms with van der Waals surface area (Å²) in [5.74, 6) is 0.737. The van der Waals surface area contributed by atoms with Gasteiger partial charge in [0.05, 0.1) is 12.3 Å². The van der Waals surface area contributed by atoms with Crippen LogP contribution < -0.4 is 5.73 Å². The van der Waals surface area contributed by atoms with Crippen molar-refractivity contribution in [2.45, 2.75) is 24.1 Å². The summed E-state index contributed by atoms with van der Waals surface area (Å²) in [5, 5.41) is 9.25. The van der Waals surface area contributed by atoms with Gasteiger partial charge in [0, 0.05) is 5.75 Å². The summed E-state index contributed by atoms with van der Waals surface area (Å²) in [6.07, 6.45) is 3.74. The third-order valence-electron chi connectivity index (χ3n) is 1.51. The third-order valence-corrected chi connectivity index (χ3v) is 2.37. The summed E-state index contributed by atoms with van der Waals surface area (Å²) < 4.78 is 5.01. The number of nitrogens with zero attached hydrogens (tertiary/aromatic N) is 2. The molecule has 0 bridgehead atoms. The van der Waals surface area contributed by atoms with Crippen LogP contribution in [0.5, 0.6) is 0 Å². The van der Waals surface area contributed by atoms with Crippen LogP contribution in [0.2, 0.25) is 0 Å². The van der Waals surface area contributed by atoms with Gasteiger partial charge in [-0.3, -0.25) is 0 Å². The number of hydrogen-bond acceptors (Lipinski definition) is 5. The Morgan fingerprint density at radius 2 is 2.62 bits per heavy atom. The SMILES string of the molecule is CC(N)(C#N)CCSc1ncco1. The highest BCUT2D eigenvalue weighted by Crippen LogP contribution is 2.18. The second-order valence-corrected chi connectivity index (χ2v) is 3.97. The first-order chi connectivity index (χ1) is 6.14. The molecule has 0 aliphatic carbocycles. The molecule has 2 N–H and O–H groups in total. The second-order valence-electron chi connectivity index (χ2n) is 2.93. The molecule has 4 nitrogen and oxygen atoms in total. The van der Waals surface area contributed by atoms with Crippen molar-refractivity contribution in [3.8, 4) is 6.07 Å². The highest BCUT2D eigenvalue weighted by molar-refractivity contribution is 7.99. The van der Waals surface area contributed by atoms with Crippen LogP contribution in [-0.2, 0) is 0 Å². The Balaban J connectivity index is 2.26. The average Bonchev–Trinajstić information content (AvgIpc) is 2.57. The zero-order valence-electron chi connectivity index (χ0n) is 7.36. The molecule has 13 heavy (non-hydrogen) atoms. The Labute approximate surface area is 81.1 Å². The van der Waals surface area contributed by atoms with Gasteiger partial charge in [-0.05, 0) is 13.3 Å². The highest BCUT2D eigenvalue weighted by atomic mass is 32.2. The van der Waals surface area contributed by atoms with E-state index in [4.69, 9.17) is 15.4 Å². The summed E-state index contributed by atoms with van der Waals surface area (Å²) in [6.45, 7) is 1.71. The number of rotatable bonds is 4. The van der Waals surface area contributed by atoms with E-state index < -0.39 is 5.54 Å². The van der Waals surface area contributed by atoms with E-state index in [-0.39, 0.29) is 0 Å². The van der Waals surface area contributed by atoms with Crippen LogP contribution >= 0.6 is 11.8 Å². The van der Waals surface area contributed by atoms with Gasteiger partial charge in [-0.15, -0.1) is 0 Å². The highest BCUT2D eigenvalue weighted by Gasteiger charge is 2.16. The van der Waals surface area contributed by atoms with Gasteiger partial charge >= 0.3 is 0 Å². The van der Waals surface area contributed by atoms with Crippen molar-refractivity contribution in [3.63, 3.8) is 0 Å². The average molecular weight is 197 g/mol. The van der Waals surface area contributed by atoms with Crippen molar-refractivity contribution >= 4 is 11.8 Å². The summed E-state index contributed by atoms with van der Waals surface area (Å²) in [4.78, 5) is 3.93. The van der Waals surface area contributed by atoms with Crippen molar-refractivity contribution in [1.29, 1.82) is 5.26 Å². The van der Waals surface area contributed by atoms with Crippen molar-refractivity contribution < 1.29 is 4.42 Å². The second kappa shape index (κ2) is 4.30. The number of thioether (sulfide) groups is 1. The van der Waals surface area contributed by atoms with E-state index in [9.17, 15) is 0 Å². The van der Waals surface area contributed by atoms with Gasteiger partial charge < -0.3 is 10.2 Å². The summed E-state index contributed by atoms with van der Waals surface area (Å²) in [5.41, 5.74) is 4.88. The molecule has 1 aromatic heterocycles. The molecule has 0 spiro atoms. The van der Waals surface area contributed by atoms with E-state index >= 15 is 0 Å². The molecule has 1 rings (SSSR count). The maximum atomic E-state index is 8.63. The van der Waals surface area contributed by atoms with Gasteiger partial charge in [-0.2, -0.15) is 5.26 Å². The number of nitrogens with two attached hydrogens (primary N) is 1. The Kier molecular flexibility index (Phi) is 3.34. The molecule has 0 saturated carbocycles. The molecular weight excluding hydrogens is 186 g/mol. The van der Waals surface area contributed by atoms with Crippen LogP contribution in [0.4, 0.5) is 0 Å². The molecule has 0 saturated heterocycles. The van der Waals surface area contributed by atoms with E-state index in [1.54, 1.807) is 13.1 Å². The molecule has 1 unspecified atom stereocenters. The number of hydrogen-bond donors (Lipinski definition) is 1. The molecular formula is C8H11N3OS. The maximum absolute atomic E-state index is 8.63. The predicted octanol–water partition coefficient (Wildman–Crippen LogP) is 1.40. The fraction of sp³-hybridized carbons (Fsp3) is 0.500. The van der Waals surface area contributed by atoms with E-state index in [1.807, 2.05) is 6.07 Å². The minimum absolute atomic E-state index is 0.619. The first-order valence-electron chi connectivity index (χ1n) is 3.86. The van der Waals surface area contributed by atoms with Crippen LogP contribution in [0, 0.1) is 11.3 Å². The predicted molar refractivity (Wildman–Crippen MR) is 50.0 cm³/mol. The minimum atomic E-state index is -0.750. The summed E-state index contributed by atoms with van der Waals surface area (Å²) in [6, 6.07) is 2.03. The van der Waals surface area contributed by atoms with Crippen LogP contribution in [-0.4, -0.2) is 16.3 Å². The fourth-order valence-corrected chi connectivity index (χ4v) is 1.65. The molecule has 1 atom stereocenters. The number of aromatic nitrogens is 1. The van der Waals surface area contributed by atoms with Gasteiger partial charge in [0.2, 0.25) is 0 Å². The topological polar surface area (TPSA) is 75.8 Å². The van der Waals surface area contributed by atoms with E-state index in [1.165, 1.54) is 18.0 Å². The Morgan fingerprint density at radius 3 is 3.15 bits per heavy atom. The standard InChI is InChI=1S/C8H11N3OS/c1-8(10,6-9)2-5-13-7-11-3-4-12-7/h3-4H,2,5,10H2,1H3. The summed E-state index contributed by atoms with van der Waals surface area (Å²) in [7, 11) is 0. The van der Waals surface area contributed by atoms with Crippen molar-refractivity contribution in [3.05, 3.63) is 12.5 Å². The van der Waals surface area contributed by atoms with E-state index in [2.05, 4.69) is 4.98 Å². The van der Waals surface area contributed by atoms with E-state index in [0.29, 0.717) is 11.6 Å². The Morgan fingerprint density at radius 1 is 1.85 bits per heavy atom. The van der Waals surface area contributed by atoms with Gasteiger partial charge in [-0.1, -0.05) is 11.8 Å². The normalized spacial score (nSPS) is 14.8. The molecule has 0 aliphatic rings. The Hall–Kier alpha value is -0.990. The van der Waals surface area contributed by atoms with E-state index in [0.717, 1.165) is 5.75 Å². The summed E-state index contributed by atoms with van der Waals surface area (Å²) >= 11 is 1.46. The zero-order chi connectivity index (χ0) is 9.73. The minimum Gasteiger partial charge on any atom is -0.440 e. The molecule has 0 fully saturated rings. The lowest BCUT2D eigenvalue weighted by Gasteiger charge is -2.13. The van der Waals surface area contributed by atoms with Crippen LogP contribution in [0.1, 0.15) is 13.3 Å². The molecule has 0 aliphatic heterocycles. The van der Waals surface area contributed by atoms with Crippen molar-refractivity contribution in [2.24, 2.45) is 5.73 Å².